The monoisotopic (exact) mass is 443 g/mol. The molecule has 1 atom stereocenters. The van der Waals surface area contributed by atoms with E-state index in [9.17, 15) is 19.7 Å². The number of hydrogen-bond donors (Lipinski definition) is 1. The Hall–Kier alpha value is -2.87. The van der Waals surface area contributed by atoms with Gasteiger partial charge < -0.3 is 10.2 Å². The maximum absolute atomic E-state index is 13.0. The molecule has 2 aromatic carbocycles. The summed E-state index contributed by atoms with van der Waals surface area (Å²) in [5.41, 5.74) is 3.02. The van der Waals surface area contributed by atoms with Crippen LogP contribution in [0.15, 0.2) is 48.5 Å². The number of nitrogens with one attached hydrogen (secondary N) is 1. The molecule has 0 heterocycles. The van der Waals surface area contributed by atoms with E-state index in [4.69, 9.17) is 0 Å². The van der Waals surface area contributed by atoms with Crippen LogP contribution in [-0.2, 0) is 21.9 Å². The summed E-state index contributed by atoms with van der Waals surface area (Å²) in [5, 5.41) is 13.6. The lowest BCUT2D eigenvalue weighted by atomic mass is 10.1. The zero-order chi connectivity index (χ0) is 22.8. The predicted molar refractivity (Wildman–Crippen MR) is 124 cm³/mol. The number of nitrogens with zero attached hydrogens (tertiary/aromatic N) is 2. The number of benzene rings is 2. The first-order valence-corrected chi connectivity index (χ1v) is 11.4. The van der Waals surface area contributed by atoms with Crippen LogP contribution in [0.3, 0.4) is 0 Å². The van der Waals surface area contributed by atoms with Crippen LogP contribution >= 0.6 is 11.8 Å². The number of thioether (sulfide) groups is 1. The van der Waals surface area contributed by atoms with Gasteiger partial charge >= 0.3 is 0 Å². The highest BCUT2D eigenvalue weighted by Gasteiger charge is 2.25. The maximum Gasteiger partial charge on any atom is 0.269 e. The fraction of sp³-hybridized carbons (Fsp3) is 0.391. The average Bonchev–Trinajstić information content (AvgIpc) is 2.75. The number of carbonyl (C=O) groups is 2. The Kier molecular flexibility index (Phi) is 9.52. The molecule has 0 aliphatic carbocycles. The van der Waals surface area contributed by atoms with Gasteiger partial charge in [0.1, 0.15) is 6.04 Å². The molecule has 0 saturated heterocycles. The maximum atomic E-state index is 13.0. The number of amides is 2. The normalized spacial score (nSPS) is 11.6. The number of nitro benzene ring substituents is 1. The summed E-state index contributed by atoms with van der Waals surface area (Å²) in [5.74, 6) is 0.489. The molecule has 0 radical (unpaired) electrons. The first-order valence-electron chi connectivity index (χ1n) is 10.3. The molecule has 0 aliphatic rings. The molecule has 166 valence electrons. The van der Waals surface area contributed by atoms with E-state index in [1.165, 1.54) is 23.9 Å². The van der Waals surface area contributed by atoms with Crippen LogP contribution in [0.25, 0.3) is 0 Å². The molecular weight excluding hydrogens is 414 g/mol. The molecule has 0 spiro atoms. The van der Waals surface area contributed by atoms with Crippen molar-refractivity contribution in [2.45, 2.75) is 45.5 Å². The molecule has 2 aromatic rings. The van der Waals surface area contributed by atoms with Crippen LogP contribution in [0.5, 0.6) is 0 Å². The Labute approximate surface area is 187 Å². The van der Waals surface area contributed by atoms with Crippen LogP contribution < -0.4 is 5.32 Å². The first kappa shape index (κ1) is 24.4. The van der Waals surface area contributed by atoms with Crippen molar-refractivity contribution in [3.63, 3.8) is 0 Å². The zero-order valence-corrected chi connectivity index (χ0v) is 19.0. The average molecular weight is 444 g/mol. The molecule has 0 bridgehead atoms. The van der Waals surface area contributed by atoms with Crippen molar-refractivity contribution in [2.24, 2.45) is 0 Å². The number of nitro groups is 1. The van der Waals surface area contributed by atoms with E-state index < -0.39 is 11.0 Å². The summed E-state index contributed by atoms with van der Waals surface area (Å²) in [7, 11) is 0. The van der Waals surface area contributed by atoms with Crippen molar-refractivity contribution >= 4 is 29.3 Å². The molecule has 2 amide bonds. The van der Waals surface area contributed by atoms with E-state index in [1.54, 1.807) is 24.0 Å². The number of hydrogen-bond acceptors (Lipinski definition) is 5. The minimum absolute atomic E-state index is 0.0427. The highest BCUT2D eigenvalue weighted by Crippen LogP contribution is 2.19. The summed E-state index contributed by atoms with van der Waals surface area (Å²) < 4.78 is 0. The standard InChI is InChI=1S/C23H29N3O4S/c1-4-12-24-23(28)18(3)25(14-20-7-5-6-17(2)13-20)22(27)16-31-15-19-8-10-21(11-9-19)26(29)30/h5-11,13,18H,4,12,14-16H2,1-3H3,(H,24,28)/t18-/m0/s1. The lowest BCUT2D eigenvalue weighted by Gasteiger charge is -2.29. The van der Waals surface area contributed by atoms with Crippen molar-refractivity contribution in [2.75, 3.05) is 12.3 Å². The molecule has 1 N–H and O–H groups in total. The van der Waals surface area contributed by atoms with Crippen molar-refractivity contribution in [1.82, 2.24) is 10.2 Å². The summed E-state index contributed by atoms with van der Waals surface area (Å²) in [6.07, 6.45) is 0.829. The second kappa shape index (κ2) is 12.1. The van der Waals surface area contributed by atoms with E-state index in [2.05, 4.69) is 5.32 Å². The van der Waals surface area contributed by atoms with Gasteiger partial charge in [-0.25, -0.2) is 0 Å². The fourth-order valence-corrected chi connectivity index (χ4v) is 3.91. The Bertz CT molecular complexity index is 902. The molecule has 2 rings (SSSR count). The third-order valence-electron chi connectivity index (χ3n) is 4.79. The Morgan fingerprint density at radius 1 is 1.16 bits per heavy atom. The minimum atomic E-state index is -0.584. The Morgan fingerprint density at radius 3 is 2.48 bits per heavy atom. The molecular formula is C23H29N3O4S. The second-order valence-electron chi connectivity index (χ2n) is 7.39. The summed E-state index contributed by atoms with van der Waals surface area (Å²) in [6, 6.07) is 13.6. The van der Waals surface area contributed by atoms with Crippen molar-refractivity contribution in [3.05, 3.63) is 75.3 Å². The van der Waals surface area contributed by atoms with Gasteiger partial charge in [0.05, 0.1) is 10.7 Å². The molecule has 0 aromatic heterocycles. The first-order chi connectivity index (χ1) is 14.8. The largest absolute Gasteiger partial charge is 0.354 e. The molecule has 8 heteroatoms. The fourth-order valence-electron chi connectivity index (χ4n) is 3.04. The number of aryl methyl sites for hydroxylation is 1. The smallest absolute Gasteiger partial charge is 0.269 e. The number of rotatable bonds is 11. The molecule has 7 nitrogen and oxygen atoms in total. The van der Waals surface area contributed by atoms with E-state index in [0.717, 1.165) is 23.1 Å². The second-order valence-corrected chi connectivity index (χ2v) is 8.38. The molecule has 0 aliphatic heterocycles. The number of carbonyl (C=O) groups excluding carboxylic acids is 2. The van der Waals surface area contributed by atoms with Gasteiger partial charge in [-0.05, 0) is 31.4 Å². The summed E-state index contributed by atoms with van der Waals surface area (Å²) >= 11 is 1.42. The molecule has 0 saturated carbocycles. The van der Waals surface area contributed by atoms with Crippen molar-refractivity contribution in [3.8, 4) is 0 Å². The van der Waals surface area contributed by atoms with Gasteiger partial charge in [0, 0.05) is 31.0 Å². The van der Waals surface area contributed by atoms with Gasteiger partial charge in [-0.2, -0.15) is 0 Å². The van der Waals surface area contributed by atoms with Crippen LogP contribution in [-0.4, -0.2) is 40.0 Å². The van der Waals surface area contributed by atoms with Crippen LogP contribution in [0, 0.1) is 17.0 Å². The lowest BCUT2D eigenvalue weighted by Crippen LogP contribution is -2.48. The van der Waals surface area contributed by atoms with Gasteiger partial charge in [0.15, 0.2) is 0 Å². The highest BCUT2D eigenvalue weighted by atomic mass is 32.2. The van der Waals surface area contributed by atoms with E-state index in [-0.39, 0.29) is 23.3 Å². The van der Waals surface area contributed by atoms with Crippen molar-refractivity contribution < 1.29 is 14.5 Å². The van der Waals surface area contributed by atoms with Crippen LogP contribution in [0.1, 0.15) is 37.0 Å². The van der Waals surface area contributed by atoms with Gasteiger partial charge in [-0.15, -0.1) is 11.8 Å². The third-order valence-corrected chi connectivity index (χ3v) is 5.78. The van der Waals surface area contributed by atoms with Gasteiger partial charge in [-0.1, -0.05) is 48.9 Å². The quantitative estimate of drug-likeness (QED) is 0.417. The molecule has 31 heavy (non-hydrogen) atoms. The summed E-state index contributed by atoms with van der Waals surface area (Å²) in [6.45, 7) is 6.66. The van der Waals surface area contributed by atoms with E-state index >= 15 is 0 Å². The van der Waals surface area contributed by atoms with Gasteiger partial charge in [0.2, 0.25) is 11.8 Å². The van der Waals surface area contributed by atoms with Crippen LogP contribution in [0.4, 0.5) is 5.69 Å². The van der Waals surface area contributed by atoms with Gasteiger partial charge in [0.25, 0.3) is 5.69 Å². The van der Waals surface area contributed by atoms with Crippen molar-refractivity contribution in [1.29, 1.82) is 0 Å². The van der Waals surface area contributed by atoms with Gasteiger partial charge in [-0.3, -0.25) is 19.7 Å². The summed E-state index contributed by atoms with van der Waals surface area (Å²) in [4.78, 5) is 37.5. The minimum Gasteiger partial charge on any atom is -0.354 e. The van der Waals surface area contributed by atoms with E-state index in [1.807, 2.05) is 38.1 Å². The molecule has 0 fully saturated rings. The molecule has 0 unspecified atom stereocenters. The highest BCUT2D eigenvalue weighted by molar-refractivity contribution is 7.99. The Morgan fingerprint density at radius 2 is 1.87 bits per heavy atom. The SMILES string of the molecule is CCCNC(=O)[C@H](C)N(Cc1cccc(C)c1)C(=O)CSCc1ccc([N+](=O)[O-])cc1. The number of non-ortho nitro benzene ring substituents is 1. The Balaban J connectivity index is 2.03. The predicted octanol–water partition coefficient (Wildman–Crippen LogP) is 4.08. The van der Waals surface area contributed by atoms with Crippen LogP contribution in [0.2, 0.25) is 0 Å². The lowest BCUT2D eigenvalue weighted by molar-refractivity contribution is -0.384. The topological polar surface area (TPSA) is 92.6 Å². The van der Waals surface area contributed by atoms with E-state index in [0.29, 0.717) is 18.8 Å². The third kappa shape index (κ3) is 7.71. The zero-order valence-electron chi connectivity index (χ0n) is 18.2.